The van der Waals surface area contributed by atoms with Gasteiger partial charge in [-0.05, 0) is 67.5 Å². The van der Waals surface area contributed by atoms with Crippen LogP contribution in [-0.2, 0) is 12.8 Å². The van der Waals surface area contributed by atoms with E-state index in [1.54, 1.807) is 0 Å². The first-order chi connectivity index (χ1) is 12.3. The van der Waals surface area contributed by atoms with E-state index < -0.39 is 0 Å². The molecule has 0 radical (unpaired) electrons. The Kier molecular flexibility index (Phi) is 6.10. The van der Waals surface area contributed by atoms with Gasteiger partial charge in [0.15, 0.2) is 0 Å². The lowest BCUT2D eigenvalue weighted by atomic mass is 10.1. The minimum absolute atomic E-state index is 0.00703. The van der Waals surface area contributed by atoms with Gasteiger partial charge in [0.05, 0.1) is 0 Å². The quantitative estimate of drug-likeness (QED) is 0.857. The van der Waals surface area contributed by atoms with Gasteiger partial charge in [0.1, 0.15) is 0 Å². The van der Waals surface area contributed by atoms with Crippen LogP contribution in [0.3, 0.4) is 0 Å². The van der Waals surface area contributed by atoms with Crippen molar-refractivity contribution in [3.8, 4) is 0 Å². The molecule has 1 aliphatic rings. The van der Waals surface area contributed by atoms with Gasteiger partial charge in [0.2, 0.25) is 0 Å². The van der Waals surface area contributed by atoms with Gasteiger partial charge in [-0.25, -0.2) is 0 Å². The molecule has 0 spiro atoms. The number of hydrogen-bond donors (Lipinski definition) is 1. The zero-order valence-corrected chi connectivity index (χ0v) is 15.1. The van der Waals surface area contributed by atoms with Crippen molar-refractivity contribution in [1.82, 2.24) is 5.32 Å². The molecule has 0 aromatic heterocycles. The molecular weight excluding hydrogens is 308 g/mol. The maximum absolute atomic E-state index is 12.2. The fourth-order valence-corrected chi connectivity index (χ4v) is 3.34. The van der Waals surface area contributed by atoms with Crippen molar-refractivity contribution in [2.45, 2.75) is 39.0 Å². The summed E-state index contributed by atoms with van der Waals surface area (Å²) in [4.78, 5) is 14.6. The first-order valence-electron chi connectivity index (χ1n) is 9.47. The number of amides is 1. The second-order valence-electron chi connectivity index (χ2n) is 6.77. The second-order valence-corrected chi connectivity index (χ2v) is 6.77. The van der Waals surface area contributed by atoms with Gasteiger partial charge in [0, 0.05) is 30.9 Å². The predicted molar refractivity (Wildman–Crippen MR) is 104 cm³/mol. The SMILES string of the molecule is CCc1ccc(C(=O)NCCc2ccc(N3CCCCC3)cc2)cc1. The molecule has 1 saturated heterocycles. The summed E-state index contributed by atoms with van der Waals surface area (Å²) >= 11 is 0. The zero-order chi connectivity index (χ0) is 17.5. The monoisotopic (exact) mass is 336 g/mol. The van der Waals surface area contributed by atoms with Crippen molar-refractivity contribution < 1.29 is 4.79 Å². The van der Waals surface area contributed by atoms with Gasteiger partial charge in [-0.2, -0.15) is 0 Å². The largest absolute Gasteiger partial charge is 0.372 e. The third-order valence-electron chi connectivity index (χ3n) is 4.98. The van der Waals surface area contributed by atoms with Crippen molar-refractivity contribution >= 4 is 11.6 Å². The molecule has 1 amide bonds. The van der Waals surface area contributed by atoms with Crippen molar-refractivity contribution in [3.63, 3.8) is 0 Å². The van der Waals surface area contributed by atoms with Crippen molar-refractivity contribution in [2.75, 3.05) is 24.5 Å². The van der Waals surface area contributed by atoms with E-state index in [0.29, 0.717) is 6.54 Å². The molecule has 132 valence electrons. The van der Waals surface area contributed by atoms with Crippen LogP contribution in [0.15, 0.2) is 48.5 Å². The second kappa shape index (κ2) is 8.70. The van der Waals surface area contributed by atoms with E-state index in [0.717, 1.165) is 18.4 Å². The molecule has 0 bridgehead atoms. The fourth-order valence-electron chi connectivity index (χ4n) is 3.34. The van der Waals surface area contributed by atoms with Gasteiger partial charge >= 0.3 is 0 Å². The average molecular weight is 336 g/mol. The standard InChI is InChI=1S/C22H28N2O/c1-2-18-6-10-20(11-7-18)22(25)23-15-14-19-8-12-21(13-9-19)24-16-4-3-5-17-24/h6-13H,2-5,14-17H2,1H3,(H,23,25). The first-order valence-corrected chi connectivity index (χ1v) is 9.47. The van der Waals surface area contributed by atoms with Crippen LogP contribution >= 0.6 is 0 Å². The van der Waals surface area contributed by atoms with Crippen LogP contribution in [0.1, 0.15) is 47.7 Å². The Bertz CT molecular complexity index is 670. The number of piperidine rings is 1. The molecule has 25 heavy (non-hydrogen) atoms. The highest BCUT2D eigenvalue weighted by Crippen LogP contribution is 2.20. The number of carbonyl (C=O) groups is 1. The van der Waals surface area contributed by atoms with E-state index in [1.165, 1.54) is 49.2 Å². The Labute approximate surface area is 151 Å². The lowest BCUT2D eigenvalue weighted by Crippen LogP contribution is -2.29. The van der Waals surface area contributed by atoms with Gasteiger partial charge in [-0.1, -0.05) is 31.2 Å². The smallest absolute Gasteiger partial charge is 0.251 e. The topological polar surface area (TPSA) is 32.3 Å². The Morgan fingerprint density at radius 3 is 2.20 bits per heavy atom. The summed E-state index contributed by atoms with van der Waals surface area (Å²) in [5.41, 5.74) is 4.58. The summed E-state index contributed by atoms with van der Waals surface area (Å²) < 4.78 is 0. The van der Waals surface area contributed by atoms with Gasteiger partial charge < -0.3 is 10.2 Å². The lowest BCUT2D eigenvalue weighted by molar-refractivity contribution is 0.0954. The van der Waals surface area contributed by atoms with Crippen LogP contribution in [0.25, 0.3) is 0 Å². The minimum atomic E-state index is 0.00703. The number of nitrogens with zero attached hydrogens (tertiary/aromatic N) is 1. The predicted octanol–water partition coefficient (Wildman–Crippen LogP) is 4.21. The molecule has 1 N–H and O–H groups in total. The molecule has 0 saturated carbocycles. The number of aryl methyl sites for hydroxylation is 1. The Balaban J connectivity index is 1.47. The molecule has 0 unspecified atom stereocenters. The van der Waals surface area contributed by atoms with Crippen molar-refractivity contribution in [1.29, 1.82) is 0 Å². The first kappa shape index (κ1) is 17.5. The molecule has 2 aromatic rings. The molecular formula is C22H28N2O. The third kappa shape index (κ3) is 4.85. The van der Waals surface area contributed by atoms with Crippen molar-refractivity contribution in [3.05, 3.63) is 65.2 Å². The Hall–Kier alpha value is -2.29. The van der Waals surface area contributed by atoms with Crippen LogP contribution in [0.4, 0.5) is 5.69 Å². The lowest BCUT2D eigenvalue weighted by Gasteiger charge is -2.28. The van der Waals surface area contributed by atoms with E-state index in [2.05, 4.69) is 41.4 Å². The molecule has 0 atom stereocenters. The highest BCUT2D eigenvalue weighted by atomic mass is 16.1. The Morgan fingerprint density at radius 2 is 1.56 bits per heavy atom. The van der Waals surface area contributed by atoms with E-state index in [4.69, 9.17) is 0 Å². The molecule has 3 rings (SSSR count). The summed E-state index contributed by atoms with van der Waals surface area (Å²) in [6.45, 7) is 5.13. The van der Waals surface area contributed by atoms with Crippen LogP contribution in [0, 0.1) is 0 Å². The highest BCUT2D eigenvalue weighted by molar-refractivity contribution is 5.94. The maximum atomic E-state index is 12.2. The summed E-state index contributed by atoms with van der Waals surface area (Å²) in [5.74, 6) is 0.00703. The molecule has 2 aromatic carbocycles. The maximum Gasteiger partial charge on any atom is 0.251 e. The van der Waals surface area contributed by atoms with Crippen molar-refractivity contribution in [2.24, 2.45) is 0 Å². The van der Waals surface area contributed by atoms with Gasteiger partial charge in [0.25, 0.3) is 5.91 Å². The summed E-state index contributed by atoms with van der Waals surface area (Å²) in [7, 11) is 0. The van der Waals surface area contributed by atoms with Crippen LogP contribution < -0.4 is 10.2 Å². The molecule has 3 nitrogen and oxygen atoms in total. The molecule has 0 aliphatic carbocycles. The van der Waals surface area contributed by atoms with E-state index in [9.17, 15) is 4.79 Å². The normalized spacial score (nSPS) is 14.4. The van der Waals surface area contributed by atoms with E-state index in [-0.39, 0.29) is 5.91 Å². The molecule has 1 heterocycles. The molecule has 1 aliphatic heterocycles. The average Bonchev–Trinajstić information content (AvgIpc) is 2.69. The van der Waals surface area contributed by atoms with E-state index in [1.807, 2.05) is 24.3 Å². The van der Waals surface area contributed by atoms with Crippen LogP contribution in [-0.4, -0.2) is 25.5 Å². The fraction of sp³-hybridized carbons (Fsp3) is 0.409. The van der Waals surface area contributed by atoms with Crippen LogP contribution in [0.2, 0.25) is 0 Å². The van der Waals surface area contributed by atoms with Gasteiger partial charge in [-0.15, -0.1) is 0 Å². The summed E-state index contributed by atoms with van der Waals surface area (Å²) in [6.07, 6.45) is 5.81. The minimum Gasteiger partial charge on any atom is -0.372 e. The molecule has 3 heteroatoms. The number of nitrogens with one attached hydrogen (secondary N) is 1. The summed E-state index contributed by atoms with van der Waals surface area (Å²) in [5, 5.41) is 3.01. The number of rotatable bonds is 6. The zero-order valence-electron chi connectivity index (χ0n) is 15.1. The van der Waals surface area contributed by atoms with Crippen LogP contribution in [0.5, 0.6) is 0 Å². The molecule has 1 fully saturated rings. The highest BCUT2D eigenvalue weighted by Gasteiger charge is 2.10. The summed E-state index contributed by atoms with van der Waals surface area (Å²) in [6, 6.07) is 16.7. The number of anilines is 1. The number of benzene rings is 2. The Morgan fingerprint density at radius 1 is 0.920 bits per heavy atom. The van der Waals surface area contributed by atoms with E-state index >= 15 is 0 Å². The van der Waals surface area contributed by atoms with Gasteiger partial charge in [-0.3, -0.25) is 4.79 Å². The third-order valence-corrected chi connectivity index (χ3v) is 4.98. The number of carbonyl (C=O) groups excluding carboxylic acids is 1. The number of hydrogen-bond acceptors (Lipinski definition) is 2.